The van der Waals surface area contributed by atoms with Crippen LogP contribution in [0.2, 0.25) is 0 Å². The zero-order chi connectivity index (χ0) is 19.3. The Bertz CT molecular complexity index is 755. The fraction of sp³-hybridized carbons (Fsp3) is 0.381. The summed E-state index contributed by atoms with van der Waals surface area (Å²) in [6.07, 6.45) is 0. The Hall–Kier alpha value is -1.70. The van der Waals surface area contributed by atoms with Crippen molar-refractivity contribution in [2.75, 3.05) is 51.1 Å². The van der Waals surface area contributed by atoms with E-state index in [1.165, 1.54) is 12.9 Å². The zero-order valence-electron chi connectivity index (χ0n) is 16.6. The van der Waals surface area contributed by atoms with E-state index in [2.05, 4.69) is 54.2 Å². The molecule has 140 valence electrons. The summed E-state index contributed by atoms with van der Waals surface area (Å²) in [4.78, 5) is 19.1. The molecule has 0 spiro atoms. The molecule has 1 amide bonds. The van der Waals surface area contributed by atoms with Crippen LogP contribution in [0.4, 0.5) is 11.4 Å². The van der Waals surface area contributed by atoms with Crippen LogP contribution in [0.5, 0.6) is 0 Å². The number of carbonyl (C=O) groups is 1. The first-order valence-corrected chi connectivity index (χ1v) is 11.3. The van der Waals surface area contributed by atoms with E-state index in [0.29, 0.717) is 0 Å². The molecule has 2 aromatic rings. The molecule has 0 fully saturated rings. The summed E-state index contributed by atoms with van der Waals surface area (Å²) < 4.78 is 2.54. The number of hydrogen-bond donors (Lipinski definition) is 0. The van der Waals surface area contributed by atoms with Gasteiger partial charge in [0.15, 0.2) is 0 Å². The quantitative estimate of drug-likeness (QED) is 0.583. The van der Waals surface area contributed by atoms with Gasteiger partial charge in [-0.1, -0.05) is 0 Å². The van der Waals surface area contributed by atoms with Crippen LogP contribution < -0.4 is 17.0 Å². The first-order chi connectivity index (χ1) is 12.4. The van der Waals surface area contributed by atoms with Crippen molar-refractivity contribution in [1.29, 1.82) is 0 Å². The molecule has 2 rings (SSSR count). The van der Waals surface area contributed by atoms with Crippen molar-refractivity contribution in [3.05, 3.63) is 48.0 Å². The first-order valence-electron chi connectivity index (χ1n) is 8.93. The topological polar surface area (TPSA) is 26.8 Å². The Morgan fingerprint density at radius 1 is 0.885 bits per heavy atom. The SMILES string of the molecule is CCN(CC)C(=O)c1ccc(N(C)C)cc1[Te]c1cccc(N(C)C)c1. The summed E-state index contributed by atoms with van der Waals surface area (Å²) in [7, 11) is 8.19. The Kier molecular flexibility index (Phi) is 7.37. The number of rotatable bonds is 7. The second-order valence-electron chi connectivity index (χ2n) is 6.55. The summed E-state index contributed by atoms with van der Waals surface area (Å²) >= 11 is -0.665. The van der Waals surface area contributed by atoms with Gasteiger partial charge in [-0.2, -0.15) is 0 Å². The van der Waals surface area contributed by atoms with E-state index in [1.54, 1.807) is 0 Å². The number of nitrogens with zero attached hydrogens (tertiary/aromatic N) is 3. The number of carbonyl (C=O) groups excluding carboxylic acids is 1. The van der Waals surface area contributed by atoms with Gasteiger partial charge in [0.25, 0.3) is 0 Å². The van der Waals surface area contributed by atoms with Gasteiger partial charge in [0.05, 0.1) is 0 Å². The Morgan fingerprint density at radius 3 is 2.08 bits per heavy atom. The van der Waals surface area contributed by atoms with Crippen molar-refractivity contribution in [3.63, 3.8) is 0 Å². The van der Waals surface area contributed by atoms with E-state index in [-0.39, 0.29) is 5.91 Å². The number of amides is 1. The van der Waals surface area contributed by atoms with Crippen LogP contribution in [0.15, 0.2) is 42.5 Å². The number of benzene rings is 2. The second kappa shape index (κ2) is 9.30. The van der Waals surface area contributed by atoms with Crippen LogP contribution in [0.1, 0.15) is 24.2 Å². The molecule has 0 aliphatic rings. The molecule has 0 aromatic heterocycles. The number of hydrogen-bond acceptors (Lipinski definition) is 3. The molecule has 0 unspecified atom stereocenters. The van der Waals surface area contributed by atoms with E-state index in [0.717, 1.165) is 24.3 Å². The molecule has 0 radical (unpaired) electrons. The van der Waals surface area contributed by atoms with Crippen LogP contribution in [0.25, 0.3) is 0 Å². The first kappa shape index (κ1) is 20.6. The van der Waals surface area contributed by atoms with Crippen molar-refractivity contribution in [3.8, 4) is 0 Å². The van der Waals surface area contributed by atoms with E-state index < -0.39 is 20.9 Å². The normalized spacial score (nSPS) is 10.5. The van der Waals surface area contributed by atoms with Crippen molar-refractivity contribution in [2.24, 2.45) is 0 Å². The Morgan fingerprint density at radius 2 is 1.50 bits per heavy atom. The summed E-state index contributed by atoms with van der Waals surface area (Å²) in [5.41, 5.74) is 3.20. The molecule has 0 heterocycles. The second-order valence-corrected chi connectivity index (χ2v) is 9.73. The summed E-state index contributed by atoms with van der Waals surface area (Å²) in [5, 5.41) is 0. The van der Waals surface area contributed by atoms with E-state index in [9.17, 15) is 4.79 Å². The molecule has 5 heteroatoms. The molecule has 0 aliphatic carbocycles. The minimum absolute atomic E-state index is 0.143. The van der Waals surface area contributed by atoms with Gasteiger partial charge in [-0.25, -0.2) is 0 Å². The van der Waals surface area contributed by atoms with Crippen LogP contribution in [0.3, 0.4) is 0 Å². The molecule has 0 aliphatic heterocycles. The van der Waals surface area contributed by atoms with Crippen molar-refractivity contribution < 1.29 is 4.79 Å². The van der Waals surface area contributed by atoms with Crippen molar-refractivity contribution in [1.82, 2.24) is 4.90 Å². The third-order valence-electron chi connectivity index (χ3n) is 4.32. The van der Waals surface area contributed by atoms with Gasteiger partial charge in [0.2, 0.25) is 0 Å². The van der Waals surface area contributed by atoms with E-state index in [1.807, 2.05) is 45.0 Å². The van der Waals surface area contributed by atoms with Crippen LogP contribution in [0, 0.1) is 0 Å². The fourth-order valence-electron chi connectivity index (χ4n) is 2.68. The van der Waals surface area contributed by atoms with Gasteiger partial charge in [-0.05, 0) is 0 Å². The summed E-state index contributed by atoms with van der Waals surface area (Å²) in [6.45, 7) is 5.54. The zero-order valence-corrected chi connectivity index (χ0v) is 18.9. The third-order valence-corrected chi connectivity index (χ3v) is 7.31. The van der Waals surface area contributed by atoms with Gasteiger partial charge in [0, 0.05) is 0 Å². The predicted octanol–water partition coefficient (Wildman–Crippen LogP) is 1.96. The van der Waals surface area contributed by atoms with Gasteiger partial charge in [0.1, 0.15) is 0 Å². The Labute approximate surface area is 167 Å². The molecule has 0 atom stereocenters. The van der Waals surface area contributed by atoms with E-state index >= 15 is 0 Å². The molecular formula is C21H29N3OTe. The van der Waals surface area contributed by atoms with Gasteiger partial charge < -0.3 is 0 Å². The minimum atomic E-state index is -0.665. The molecule has 26 heavy (non-hydrogen) atoms. The average molecular weight is 467 g/mol. The van der Waals surface area contributed by atoms with Crippen LogP contribution >= 0.6 is 0 Å². The van der Waals surface area contributed by atoms with Crippen molar-refractivity contribution in [2.45, 2.75) is 13.8 Å². The van der Waals surface area contributed by atoms with Crippen LogP contribution in [-0.2, 0) is 0 Å². The molecule has 4 nitrogen and oxygen atoms in total. The van der Waals surface area contributed by atoms with Crippen molar-refractivity contribution >= 4 is 45.4 Å². The maximum atomic E-state index is 13.0. The summed E-state index contributed by atoms with van der Waals surface area (Å²) in [6, 6.07) is 14.9. The Balaban J connectivity index is 2.45. The van der Waals surface area contributed by atoms with E-state index in [4.69, 9.17) is 0 Å². The fourth-order valence-corrected chi connectivity index (χ4v) is 5.61. The van der Waals surface area contributed by atoms with Crippen LogP contribution in [-0.4, -0.2) is 73.0 Å². The van der Waals surface area contributed by atoms with Gasteiger partial charge in [-0.3, -0.25) is 0 Å². The molecule has 0 bridgehead atoms. The maximum absolute atomic E-state index is 13.0. The van der Waals surface area contributed by atoms with Gasteiger partial charge in [-0.15, -0.1) is 0 Å². The standard InChI is InChI=1S/C21H29N3OTe/c1-7-24(8-2)21(25)19-13-12-17(23(5)6)15-20(19)26-18-11-9-10-16(14-18)22(3)4/h9-15H,7-8H2,1-6H3. The monoisotopic (exact) mass is 469 g/mol. The molecule has 2 aromatic carbocycles. The third kappa shape index (κ3) is 4.93. The molecule has 0 saturated heterocycles. The predicted molar refractivity (Wildman–Crippen MR) is 114 cm³/mol. The summed E-state index contributed by atoms with van der Waals surface area (Å²) in [5.74, 6) is 0.143. The molecular weight excluding hydrogens is 438 g/mol. The average Bonchev–Trinajstić information content (AvgIpc) is 2.62. The molecule has 0 N–H and O–H groups in total. The van der Waals surface area contributed by atoms with Gasteiger partial charge >= 0.3 is 168 Å². The number of anilines is 2. The molecule has 0 saturated carbocycles.